The van der Waals surface area contributed by atoms with Crippen LogP contribution in [0.2, 0.25) is 0 Å². The molecule has 1 N–H and O–H groups in total. The second kappa shape index (κ2) is 11.0. The molecule has 9 heteroatoms. The largest absolute Gasteiger partial charge is 0.354 e. The third-order valence-corrected chi connectivity index (χ3v) is 7.88. The third kappa shape index (κ3) is 5.46. The predicted molar refractivity (Wildman–Crippen MR) is 142 cm³/mol. The lowest BCUT2D eigenvalue weighted by Crippen LogP contribution is -2.36. The van der Waals surface area contributed by atoms with Crippen molar-refractivity contribution in [3.8, 4) is 5.69 Å². The predicted octanol–water partition coefficient (Wildman–Crippen LogP) is 3.86. The highest BCUT2D eigenvalue weighted by atomic mass is 32.2. The number of rotatable bonds is 10. The van der Waals surface area contributed by atoms with Crippen molar-refractivity contribution in [2.45, 2.75) is 71.1 Å². The average molecular weight is 497 g/mol. The highest BCUT2D eigenvalue weighted by Gasteiger charge is 2.30. The quantitative estimate of drug-likeness (QED) is 0.429. The highest BCUT2D eigenvalue weighted by molar-refractivity contribution is 7.99. The van der Waals surface area contributed by atoms with Gasteiger partial charge in [-0.25, -0.2) is 9.67 Å². The zero-order valence-electron chi connectivity index (χ0n) is 21.4. The van der Waals surface area contributed by atoms with Crippen molar-refractivity contribution in [2.75, 3.05) is 25.4 Å². The summed E-state index contributed by atoms with van der Waals surface area (Å²) in [4.78, 5) is 33.4. The Morgan fingerprint density at radius 3 is 2.77 bits per heavy atom. The maximum atomic E-state index is 13.4. The van der Waals surface area contributed by atoms with Gasteiger partial charge in [0.15, 0.2) is 10.8 Å². The van der Waals surface area contributed by atoms with E-state index in [1.807, 2.05) is 19.1 Å². The number of nitrogens with zero attached hydrogens (tertiary/aromatic N) is 5. The Balaban J connectivity index is 1.47. The minimum absolute atomic E-state index is 0.0169. The number of aromatic nitrogens is 4. The molecule has 35 heavy (non-hydrogen) atoms. The average Bonchev–Trinajstić information content (AvgIpc) is 3.42. The Kier molecular flexibility index (Phi) is 7.96. The minimum atomic E-state index is -0.202. The van der Waals surface area contributed by atoms with Crippen molar-refractivity contribution >= 4 is 28.7 Å². The van der Waals surface area contributed by atoms with Gasteiger partial charge < -0.3 is 10.2 Å². The molecule has 0 fully saturated rings. The van der Waals surface area contributed by atoms with Gasteiger partial charge in [-0.05, 0) is 64.9 Å². The summed E-state index contributed by atoms with van der Waals surface area (Å²) < 4.78 is 3.43. The van der Waals surface area contributed by atoms with Crippen LogP contribution >= 0.6 is 11.8 Å². The third-order valence-electron chi connectivity index (χ3n) is 6.79. The Labute approximate surface area is 211 Å². The molecule has 1 amide bonds. The second-order valence-corrected chi connectivity index (χ2v) is 10.4. The molecule has 2 unspecified atom stereocenters. The lowest BCUT2D eigenvalue weighted by Gasteiger charge is -2.20. The first-order valence-electron chi connectivity index (χ1n) is 12.5. The van der Waals surface area contributed by atoms with E-state index < -0.39 is 0 Å². The van der Waals surface area contributed by atoms with Gasteiger partial charge in [0, 0.05) is 18.2 Å². The number of amides is 1. The van der Waals surface area contributed by atoms with Crippen LogP contribution in [0.3, 0.4) is 0 Å². The molecule has 0 saturated carbocycles. The summed E-state index contributed by atoms with van der Waals surface area (Å²) in [6, 6.07) is 6.04. The molecule has 1 aliphatic rings. The summed E-state index contributed by atoms with van der Waals surface area (Å²) in [6.45, 7) is 13.6. The standard InChI is InChI=1S/C26H36N6O2S/c1-6-30(7-2)12-8-9-19(5)28-23(33)14-20-16-35-26-29-24-21(25(34)31(20)26)15-27-32(24)22-11-10-17(3)13-18(22)4/h10-11,13,15,19-20H,6-9,12,14,16H2,1-5H3,(H,28,33). The molecule has 0 spiro atoms. The molecule has 0 bridgehead atoms. The summed E-state index contributed by atoms with van der Waals surface area (Å²) in [6.07, 6.45) is 3.86. The van der Waals surface area contributed by atoms with E-state index in [1.54, 1.807) is 15.4 Å². The first-order valence-corrected chi connectivity index (χ1v) is 13.5. The molecular formula is C26H36N6O2S. The van der Waals surface area contributed by atoms with Crippen molar-refractivity contribution < 1.29 is 4.79 Å². The number of thioether (sulfide) groups is 1. The number of aryl methyl sites for hydroxylation is 2. The second-order valence-electron chi connectivity index (χ2n) is 9.46. The molecule has 0 radical (unpaired) electrons. The van der Waals surface area contributed by atoms with Crippen LogP contribution in [-0.4, -0.2) is 61.6 Å². The molecule has 0 saturated heterocycles. The van der Waals surface area contributed by atoms with Crippen molar-refractivity contribution in [1.82, 2.24) is 29.5 Å². The number of hydrogen-bond donors (Lipinski definition) is 1. The van der Waals surface area contributed by atoms with Gasteiger partial charge in [-0.1, -0.05) is 43.3 Å². The first-order chi connectivity index (χ1) is 16.8. The molecule has 3 heterocycles. The van der Waals surface area contributed by atoms with Crippen LogP contribution in [0.1, 0.15) is 57.2 Å². The number of hydrogen-bond acceptors (Lipinski definition) is 6. The number of fused-ring (bicyclic) bond motifs is 2. The van der Waals surface area contributed by atoms with Gasteiger partial charge >= 0.3 is 0 Å². The maximum Gasteiger partial charge on any atom is 0.265 e. The van der Waals surface area contributed by atoms with Gasteiger partial charge in [0.05, 0.1) is 17.9 Å². The molecule has 188 valence electrons. The molecule has 2 atom stereocenters. The molecule has 8 nitrogen and oxygen atoms in total. The topological polar surface area (TPSA) is 85.1 Å². The van der Waals surface area contributed by atoms with Gasteiger partial charge in [0.25, 0.3) is 5.56 Å². The lowest BCUT2D eigenvalue weighted by atomic mass is 10.1. The van der Waals surface area contributed by atoms with Crippen LogP contribution in [0.5, 0.6) is 0 Å². The fourth-order valence-corrected chi connectivity index (χ4v) is 5.91. The summed E-state index contributed by atoms with van der Waals surface area (Å²) in [5.74, 6) is 0.645. The summed E-state index contributed by atoms with van der Waals surface area (Å²) in [5.41, 5.74) is 3.59. The molecule has 0 aliphatic carbocycles. The van der Waals surface area contributed by atoms with Gasteiger partial charge in [0.1, 0.15) is 5.39 Å². The Morgan fingerprint density at radius 2 is 2.06 bits per heavy atom. The van der Waals surface area contributed by atoms with E-state index in [-0.39, 0.29) is 30.0 Å². The number of benzene rings is 1. The molecule has 3 aromatic rings. The van der Waals surface area contributed by atoms with Gasteiger partial charge in [-0.3, -0.25) is 14.2 Å². The summed E-state index contributed by atoms with van der Waals surface area (Å²) >= 11 is 1.53. The Bertz CT molecular complexity index is 1260. The fourth-order valence-electron chi connectivity index (χ4n) is 4.78. The van der Waals surface area contributed by atoms with E-state index in [2.05, 4.69) is 49.1 Å². The van der Waals surface area contributed by atoms with Gasteiger partial charge in [-0.2, -0.15) is 5.10 Å². The van der Waals surface area contributed by atoms with Crippen LogP contribution in [0.4, 0.5) is 0 Å². The van der Waals surface area contributed by atoms with E-state index >= 15 is 0 Å². The number of carbonyl (C=O) groups excluding carboxylic acids is 1. The number of carbonyl (C=O) groups is 1. The molecular weight excluding hydrogens is 460 g/mol. The van der Waals surface area contributed by atoms with E-state index in [0.29, 0.717) is 21.9 Å². The van der Waals surface area contributed by atoms with Crippen molar-refractivity contribution in [3.63, 3.8) is 0 Å². The molecule has 1 aromatic carbocycles. The first kappa shape index (κ1) is 25.4. The maximum absolute atomic E-state index is 13.4. The van der Waals surface area contributed by atoms with E-state index in [9.17, 15) is 9.59 Å². The monoisotopic (exact) mass is 496 g/mol. The molecule has 2 aromatic heterocycles. The lowest BCUT2D eigenvalue weighted by molar-refractivity contribution is -0.122. The molecule has 4 rings (SSSR count). The normalized spacial score (nSPS) is 16.1. The number of nitrogens with one attached hydrogen (secondary N) is 1. The zero-order chi connectivity index (χ0) is 25.1. The summed E-state index contributed by atoms with van der Waals surface area (Å²) in [5, 5.41) is 8.74. The van der Waals surface area contributed by atoms with Crippen molar-refractivity contribution in [2.24, 2.45) is 0 Å². The van der Waals surface area contributed by atoms with Crippen LogP contribution in [0.15, 0.2) is 34.3 Å². The smallest absolute Gasteiger partial charge is 0.265 e. The van der Waals surface area contributed by atoms with E-state index in [0.717, 1.165) is 43.7 Å². The van der Waals surface area contributed by atoms with Gasteiger partial charge in [0.2, 0.25) is 5.91 Å². The van der Waals surface area contributed by atoms with Crippen LogP contribution in [-0.2, 0) is 4.79 Å². The van der Waals surface area contributed by atoms with Crippen molar-refractivity contribution in [1.29, 1.82) is 0 Å². The van der Waals surface area contributed by atoms with Crippen LogP contribution in [0, 0.1) is 13.8 Å². The Morgan fingerprint density at radius 1 is 1.29 bits per heavy atom. The van der Waals surface area contributed by atoms with E-state index in [4.69, 9.17) is 4.98 Å². The van der Waals surface area contributed by atoms with Crippen LogP contribution in [0.25, 0.3) is 16.7 Å². The van der Waals surface area contributed by atoms with Gasteiger partial charge in [-0.15, -0.1) is 0 Å². The minimum Gasteiger partial charge on any atom is -0.354 e. The van der Waals surface area contributed by atoms with Crippen molar-refractivity contribution in [3.05, 3.63) is 45.9 Å². The summed E-state index contributed by atoms with van der Waals surface area (Å²) in [7, 11) is 0. The Hall–Kier alpha value is -2.65. The SMILES string of the molecule is CCN(CC)CCCC(C)NC(=O)CC1CSc2nc3c(cnn3-c3ccc(C)cc3C)c(=O)n21. The fraction of sp³-hybridized carbons (Fsp3) is 0.538. The molecule has 1 aliphatic heterocycles. The van der Waals surface area contributed by atoms with Crippen LogP contribution < -0.4 is 10.9 Å². The zero-order valence-corrected chi connectivity index (χ0v) is 22.2. The van der Waals surface area contributed by atoms with E-state index in [1.165, 1.54) is 17.3 Å². The highest BCUT2D eigenvalue weighted by Crippen LogP contribution is 2.33.